The Morgan fingerprint density at radius 2 is 1.71 bits per heavy atom. The van der Waals surface area contributed by atoms with E-state index in [-0.39, 0.29) is 0 Å². The number of fused-ring (bicyclic) bond motifs is 1. The summed E-state index contributed by atoms with van der Waals surface area (Å²) in [6.45, 7) is 4.44. The molecule has 21 heavy (non-hydrogen) atoms. The number of aliphatic hydroxyl groups excluding tert-OH is 1. The number of aliphatic hydroxyl groups is 1. The SMILES string of the molecule is CC(C)Cc1ccc(C(O)c2csc3ccccc23)cc1. The molecule has 1 nitrogen and oxygen atoms in total. The third-order valence-corrected chi connectivity index (χ3v) is 4.73. The smallest absolute Gasteiger partial charge is 0.105 e. The third-order valence-electron chi connectivity index (χ3n) is 3.74. The number of hydrogen-bond acceptors (Lipinski definition) is 2. The van der Waals surface area contributed by atoms with E-state index in [2.05, 4.69) is 55.6 Å². The van der Waals surface area contributed by atoms with Crippen LogP contribution in [0.15, 0.2) is 53.9 Å². The molecule has 2 heteroatoms. The van der Waals surface area contributed by atoms with Gasteiger partial charge in [0.15, 0.2) is 0 Å². The van der Waals surface area contributed by atoms with Gasteiger partial charge in [0.25, 0.3) is 0 Å². The molecule has 108 valence electrons. The Bertz CT molecular complexity index is 725. The van der Waals surface area contributed by atoms with E-state index in [9.17, 15) is 5.11 Å². The molecule has 0 saturated carbocycles. The van der Waals surface area contributed by atoms with Crippen molar-refractivity contribution >= 4 is 21.4 Å². The maximum absolute atomic E-state index is 10.7. The second-order valence-corrected chi connectivity index (χ2v) is 6.84. The fourth-order valence-electron chi connectivity index (χ4n) is 2.70. The number of hydrogen-bond donors (Lipinski definition) is 1. The largest absolute Gasteiger partial charge is 0.384 e. The fourth-order valence-corrected chi connectivity index (χ4v) is 3.68. The van der Waals surface area contributed by atoms with E-state index in [1.54, 1.807) is 11.3 Å². The van der Waals surface area contributed by atoms with Crippen LogP contribution in [0, 0.1) is 5.92 Å². The van der Waals surface area contributed by atoms with Crippen molar-refractivity contribution in [3.05, 3.63) is 70.6 Å². The summed E-state index contributed by atoms with van der Waals surface area (Å²) in [6.07, 6.45) is 0.534. The van der Waals surface area contributed by atoms with Crippen LogP contribution < -0.4 is 0 Å². The molecule has 1 heterocycles. The van der Waals surface area contributed by atoms with Gasteiger partial charge in [0.1, 0.15) is 6.10 Å². The number of rotatable bonds is 4. The highest BCUT2D eigenvalue weighted by atomic mass is 32.1. The fraction of sp³-hybridized carbons (Fsp3) is 0.263. The van der Waals surface area contributed by atoms with E-state index < -0.39 is 6.10 Å². The lowest BCUT2D eigenvalue weighted by Gasteiger charge is -2.12. The topological polar surface area (TPSA) is 20.2 Å². The molecule has 1 N–H and O–H groups in total. The van der Waals surface area contributed by atoms with Crippen molar-refractivity contribution < 1.29 is 5.11 Å². The monoisotopic (exact) mass is 296 g/mol. The van der Waals surface area contributed by atoms with Crippen LogP contribution in [0.5, 0.6) is 0 Å². The first kappa shape index (κ1) is 14.3. The highest BCUT2D eigenvalue weighted by Crippen LogP contribution is 2.33. The molecule has 0 aliphatic heterocycles. The Morgan fingerprint density at radius 3 is 2.43 bits per heavy atom. The summed E-state index contributed by atoms with van der Waals surface area (Å²) in [6, 6.07) is 16.6. The molecule has 0 fully saturated rings. The van der Waals surface area contributed by atoms with Crippen molar-refractivity contribution in [1.29, 1.82) is 0 Å². The number of thiophene rings is 1. The predicted molar refractivity (Wildman–Crippen MR) is 90.9 cm³/mol. The van der Waals surface area contributed by atoms with Crippen LogP contribution in [-0.2, 0) is 6.42 Å². The lowest BCUT2D eigenvalue weighted by atomic mass is 9.97. The maximum atomic E-state index is 10.7. The zero-order chi connectivity index (χ0) is 14.8. The van der Waals surface area contributed by atoms with Gasteiger partial charge >= 0.3 is 0 Å². The van der Waals surface area contributed by atoms with Gasteiger partial charge in [0, 0.05) is 10.3 Å². The number of benzene rings is 2. The van der Waals surface area contributed by atoms with Crippen LogP contribution in [0.25, 0.3) is 10.1 Å². The summed E-state index contributed by atoms with van der Waals surface area (Å²) < 4.78 is 1.22. The van der Waals surface area contributed by atoms with E-state index >= 15 is 0 Å². The minimum Gasteiger partial charge on any atom is -0.384 e. The molecule has 0 aliphatic rings. The summed E-state index contributed by atoms with van der Waals surface area (Å²) in [5, 5.41) is 13.9. The predicted octanol–water partition coefficient (Wildman–Crippen LogP) is 5.18. The van der Waals surface area contributed by atoms with Crippen molar-refractivity contribution in [1.82, 2.24) is 0 Å². The quantitative estimate of drug-likeness (QED) is 0.703. The van der Waals surface area contributed by atoms with Gasteiger partial charge < -0.3 is 5.11 Å². The van der Waals surface area contributed by atoms with Crippen LogP contribution in [0.3, 0.4) is 0 Å². The van der Waals surface area contributed by atoms with Crippen molar-refractivity contribution in [3.8, 4) is 0 Å². The molecule has 0 aliphatic carbocycles. The molecule has 0 amide bonds. The van der Waals surface area contributed by atoms with Gasteiger partial charge in [-0.3, -0.25) is 0 Å². The van der Waals surface area contributed by atoms with E-state index in [0.29, 0.717) is 5.92 Å². The van der Waals surface area contributed by atoms with Crippen LogP contribution in [0.4, 0.5) is 0 Å². The summed E-state index contributed by atoms with van der Waals surface area (Å²) in [5.41, 5.74) is 3.30. The molecule has 0 spiro atoms. The second-order valence-electron chi connectivity index (χ2n) is 5.93. The highest BCUT2D eigenvalue weighted by molar-refractivity contribution is 7.17. The first-order valence-electron chi connectivity index (χ1n) is 7.38. The summed E-state index contributed by atoms with van der Waals surface area (Å²) >= 11 is 1.69. The van der Waals surface area contributed by atoms with Crippen molar-refractivity contribution in [3.63, 3.8) is 0 Å². The van der Waals surface area contributed by atoms with Gasteiger partial charge in [-0.25, -0.2) is 0 Å². The van der Waals surface area contributed by atoms with Crippen molar-refractivity contribution in [2.45, 2.75) is 26.4 Å². The van der Waals surface area contributed by atoms with E-state index in [1.807, 2.05) is 12.1 Å². The second kappa shape index (κ2) is 6.00. The molecule has 3 rings (SSSR count). The molecule has 1 aromatic heterocycles. The van der Waals surface area contributed by atoms with Gasteiger partial charge in [-0.1, -0.05) is 56.3 Å². The minimum absolute atomic E-state index is 0.547. The Labute approximate surface area is 129 Å². The van der Waals surface area contributed by atoms with Crippen LogP contribution in [-0.4, -0.2) is 5.11 Å². The van der Waals surface area contributed by atoms with E-state index in [0.717, 1.165) is 22.9 Å². The van der Waals surface area contributed by atoms with Gasteiger partial charge in [-0.15, -0.1) is 11.3 Å². The molecule has 1 unspecified atom stereocenters. The molecular formula is C19H20OS. The average Bonchev–Trinajstić information content (AvgIpc) is 2.90. The van der Waals surface area contributed by atoms with Gasteiger partial charge in [0.05, 0.1) is 0 Å². The average molecular weight is 296 g/mol. The Kier molecular flexibility index (Phi) is 4.09. The van der Waals surface area contributed by atoms with Gasteiger partial charge in [0.2, 0.25) is 0 Å². The summed E-state index contributed by atoms with van der Waals surface area (Å²) in [4.78, 5) is 0. The van der Waals surface area contributed by atoms with Gasteiger partial charge in [-0.2, -0.15) is 0 Å². The lowest BCUT2D eigenvalue weighted by molar-refractivity contribution is 0.222. The lowest BCUT2D eigenvalue weighted by Crippen LogP contribution is -2.00. The molecule has 0 bridgehead atoms. The highest BCUT2D eigenvalue weighted by Gasteiger charge is 2.15. The van der Waals surface area contributed by atoms with Crippen LogP contribution in [0.2, 0.25) is 0 Å². The zero-order valence-corrected chi connectivity index (χ0v) is 13.2. The van der Waals surface area contributed by atoms with Crippen molar-refractivity contribution in [2.24, 2.45) is 5.92 Å². The Morgan fingerprint density at radius 1 is 1.00 bits per heavy atom. The molecule has 2 aromatic carbocycles. The van der Waals surface area contributed by atoms with Crippen molar-refractivity contribution in [2.75, 3.05) is 0 Å². The normalized spacial score (nSPS) is 13.0. The molecular weight excluding hydrogens is 276 g/mol. The van der Waals surface area contributed by atoms with Crippen LogP contribution in [0.1, 0.15) is 36.6 Å². The summed E-state index contributed by atoms with van der Waals surface area (Å²) in [5.74, 6) is 0.654. The Hall–Kier alpha value is -1.64. The van der Waals surface area contributed by atoms with Gasteiger partial charge in [-0.05, 0) is 40.3 Å². The first-order valence-corrected chi connectivity index (χ1v) is 8.26. The molecule has 3 aromatic rings. The summed E-state index contributed by atoms with van der Waals surface area (Å²) in [7, 11) is 0. The Balaban J connectivity index is 1.89. The van der Waals surface area contributed by atoms with E-state index in [1.165, 1.54) is 10.3 Å². The molecule has 1 atom stereocenters. The standard InChI is InChI=1S/C19H20OS/c1-13(2)11-14-7-9-15(10-8-14)19(20)17-12-21-18-6-4-3-5-16(17)18/h3-10,12-13,19-20H,11H2,1-2H3. The van der Waals surface area contributed by atoms with Crippen LogP contribution >= 0.6 is 11.3 Å². The zero-order valence-electron chi connectivity index (χ0n) is 12.4. The maximum Gasteiger partial charge on any atom is 0.105 e. The minimum atomic E-state index is -0.547. The third kappa shape index (κ3) is 3.02. The van der Waals surface area contributed by atoms with E-state index in [4.69, 9.17) is 0 Å². The molecule has 0 radical (unpaired) electrons. The first-order chi connectivity index (χ1) is 10.1. The molecule has 0 saturated heterocycles.